The zero-order valence-electron chi connectivity index (χ0n) is 12.5. The molecule has 0 atom stereocenters. The normalized spacial score (nSPS) is 10.5. The van der Waals surface area contributed by atoms with Crippen LogP contribution in [-0.2, 0) is 0 Å². The Hall–Kier alpha value is -2.40. The second-order valence-corrected chi connectivity index (χ2v) is 5.29. The van der Waals surface area contributed by atoms with Crippen molar-refractivity contribution in [3.05, 3.63) is 60.3 Å². The summed E-state index contributed by atoms with van der Waals surface area (Å²) in [6.45, 7) is 0. The molecule has 2 aromatic carbocycles. The molecule has 22 heavy (non-hydrogen) atoms. The van der Waals surface area contributed by atoms with Gasteiger partial charge in [0.05, 0.1) is 7.11 Å². The highest BCUT2D eigenvalue weighted by atomic mass is 32.2. The minimum absolute atomic E-state index is 0.288. The Morgan fingerprint density at radius 3 is 2.77 bits per heavy atom. The second kappa shape index (κ2) is 8.14. The van der Waals surface area contributed by atoms with Crippen LogP contribution in [0.1, 0.15) is 5.56 Å². The lowest BCUT2D eigenvalue weighted by molar-refractivity contribution is 0.255. The first-order valence-electron chi connectivity index (χ1n) is 6.74. The summed E-state index contributed by atoms with van der Waals surface area (Å²) in [5.41, 5.74) is 1.66. The second-order valence-electron chi connectivity index (χ2n) is 4.41. The maximum absolute atomic E-state index is 11.8. The topological polar surface area (TPSA) is 50.4 Å². The minimum atomic E-state index is -0.288. The number of nitrogens with one attached hydrogen (secondary N) is 2. The zero-order valence-corrected chi connectivity index (χ0v) is 13.3. The fourth-order valence-corrected chi connectivity index (χ4v) is 2.34. The molecule has 0 unspecified atom stereocenters. The number of urea groups is 1. The van der Waals surface area contributed by atoms with Gasteiger partial charge in [0, 0.05) is 22.3 Å². The van der Waals surface area contributed by atoms with Gasteiger partial charge in [-0.25, -0.2) is 4.79 Å². The Bertz CT molecular complexity index is 671. The van der Waals surface area contributed by atoms with Crippen molar-refractivity contribution in [3.8, 4) is 5.75 Å². The molecule has 4 nitrogen and oxygen atoms in total. The minimum Gasteiger partial charge on any atom is -0.496 e. The SMILES string of the molecule is COc1ccccc1/C=C/NC(=O)Nc1cccc(SC)c1. The van der Waals surface area contributed by atoms with E-state index in [2.05, 4.69) is 10.6 Å². The Morgan fingerprint density at radius 1 is 1.18 bits per heavy atom. The van der Waals surface area contributed by atoms with Crippen LogP contribution < -0.4 is 15.4 Å². The first kappa shape index (κ1) is 16.0. The number of methoxy groups -OCH3 is 1. The van der Waals surface area contributed by atoms with Crippen LogP contribution in [0.2, 0.25) is 0 Å². The summed E-state index contributed by atoms with van der Waals surface area (Å²) in [5.74, 6) is 0.758. The molecule has 0 aliphatic carbocycles. The summed E-state index contributed by atoms with van der Waals surface area (Å²) in [6, 6.07) is 15.0. The van der Waals surface area contributed by atoms with Crippen molar-refractivity contribution in [3.63, 3.8) is 0 Å². The summed E-state index contributed by atoms with van der Waals surface area (Å²) < 4.78 is 5.24. The van der Waals surface area contributed by atoms with Gasteiger partial charge < -0.3 is 15.4 Å². The number of anilines is 1. The molecule has 0 spiro atoms. The molecular weight excluding hydrogens is 296 g/mol. The van der Waals surface area contributed by atoms with E-state index in [1.54, 1.807) is 31.1 Å². The Morgan fingerprint density at radius 2 is 2.00 bits per heavy atom. The van der Waals surface area contributed by atoms with Crippen molar-refractivity contribution in [2.45, 2.75) is 4.90 Å². The molecule has 0 saturated heterocycles. The molecule has 2 aromatic rings. The van der Waals surface area contributed by atoms with Gasteiger partial charge in [-0.1, -0.05) is 24.3 Å². The number of hydrogen-bond donors (Lipinski definition) is 2. The van der Waals surface area contributed by atoms with Crippen molar-refractivity contribution in [1.82, 2.24) is 5.32 Å². The van der Waals surface area contributed by atoms with Crippen LogP contribution in [-0.4, -0.2) is 19.4 Å². The molecule has 114 valence electrons. The molecular formula is C17H18N2O2S. The maximum Gasteiger partial charge on any atom is 0.323 e. The fraction of sp³-hybridized carbons (Fsp3) is 0.118. The van der Waals surface area contributed by atoms with Gasteiger partial charge in [0.25, 0.3) is 0 Å². The molecule has 0 radical (unpaired) electrons. The molecule has 2 amide bonds. The van der Waals surface area contributed by atoms with Crippen molar-refractivity contribution >= 4 is 29.6 Å². The van der Waals surface area contributed by atoms with Gasteiger partial charge in [0.2, 0.25) is 0 Å². The highest BCUT2D eigenvalue weighted by molar-refractivity contribution is 7.98. The van der Waals surface area contributed by atoms with Crippen LogP contribution >= 0.6 is 11.8 Å². The molecule has 5 heteroatoms. The van der Waals surface area contributed by atoms with E-state index in [0.29, 0.717) is 0 Å². The molecule has 0 saturated carbocycles. The van der Waals surface area contributed by atoms with E-state index in [1.807, 2.05) is 54.8 Å². The number of carbonyl (C=O) groups is 1. The highest BCUT2D eigenvalue weighted by Gasteiger charge is 2.01. The Balaban J connectivity index is 1.93. The fourth-order valence-electron chi connectivity index (χ4n) is 1.88. The summed E-state index contributed by atoms with van der Waals surface area (Å²) in [5, 5.41) is 5.46. The predicted octanol–water partition coefficient (Wildman–Crippen LogP) is 4.21. The van der Waals surface area contributed by atoms with Gasteiger partial charge >= 0.3 is 6.03 Å². The van der Waals surface area contributed by atoms with Crippen molar-refractivity contribution < 1.29 is 9.53 Å². The number of thioether (sulfide) groups is 1. The number of amides is 2. The third kappa shape index (κ3) is 4.56. The Kier molecular flexibility index (Phi) is 5.91. The first-order valence-corrected chi connectivity index (χ1v) is 7.96. The van der Waals surface area contributed by atoms with Crippen molar-refractivity contribution in [2.75, 3.05) is 18.7 Å². The van der Waals surface area contributed by atoms with E-state index >= 15 is 0 Å². The van der Waals surface area contributed by atoms with Crippen molar-refractivity contribution in [2.24, 2.45) is 0 Å². The van der Waals surface area contributed by atoms with Crippen molar-refractivity contribution in [1.29, 1.82) is 0 Å². The highest BCUT2D eigenvalue weighted by Crippen LogP contribution is 2.19. The lowest BCUT2D eigenvalue weighted by Crippen LogP contribution is -2.23. The zero-order chi connectivity index (χ0) is 15.8. The number of ether oxygens (including phenoxy) is 1. The quantitative estimate of drug-likeness (QED) is 0.813. The number of para-hydroxylation sites is 1. The number of carbonyl (C=O) groups excluding carboxylic acids is 1. The molecule has 0 aromatic heterocycles. The van der Waals surface area contributed by atoms with Crippen LogP contribution in [0, 0.1) is 0 Å². The van der Waals surface area contributed by atoms with E-state index < -0.39 is 0 Å². The van der Waals surface area contributed by atoms with E-state index in [-0.39, 0.29) is 6.03 Å². The van der Waals surface area contributed by atoms with E-state index in [0.717, 1.165) is 21.9 Å². The lowest BCUT2D eigenvalue weighted by atomic mass is 10.2. The smallest absolute Gasteiger partial charge is 0.323 e. The standard InChI is InChI=1S/C17H18N2O2S/c1-21-16-9-4-3-6-13(16)10-11-18-17(20)19-14-7-5-8-15(12-14)22-2/h3-12H,1-2H3,(H2,18,19,20)/b11-10+. The summed E-state index contributed by atoms with van der Waals surface area (Å²) in [4.78, 5) is 12.9. The van der Waals surface area contributed by atoms with E-state index in [1.165, 1.54) is 0 Å². The van der Waals surface area contributed by atoms with Crippen LogP contribution in [0.15, 0.2) is 59.6 Å². The lowest BCUT2D eigenvalue weighted by Gasteiger charge is -2.06. The first-order chi connectivity index (χ1) is 10.7. The molecule has 0 heterocycles. The van der Waals surface area contributed by atoms with Gasteiger partial charge in [-0.15, -0.1) is 11.8 Å². The van der Waals surface area contributed by atoms with Gasteiger partial charge in [-0.2, -0.15) is 0 Å². The van der Waals surface area contributed by atoms with Gasteiger partial charge in [-0.3, -0.25) is 0 Å². The summed E-state index contributed by atoms with van der Waals surface area (Å²) in [7, 11) is 1.62. The largest absolute Gasteiger partial charge is 0.496 e. The Labute approximate surface area is 134 Å². The predicted molar refractivity (Wildman–Crippen MR) is 92.4 cm³/mol. The summed E-state index contributed by atoms with van der Waals surface area (Å²) in [6.07, 6.45) is 5.37. The molecule has 2 N–H and O–H groups in total. The molecule has 0 bridgehead atoms. The molecule has 0 fully saturated rings. The third-order valence-corrected chi connectivity index (χ3v) is 3.67. The summed E-state index contributed by atoms with van der Waals surface area (Å²) >= 11 is 1.63. The van der Waals surface area contributed by atoms with E-state index in [9.17, 15) is 4.79 Å². The van der Waals surface area contributed by atoms with Crippen LogP contribution in [0.4, 0.5) is 10.5 Å². The number of hydrogen-bond acceptors (Lipinski definition) is 3. The van der Waals surface area contributed by atoms with Crippen LogP contribution in [0.25, 0.3) is 6.08 Å². The van der Waals surface area contributed by atoms with Crippen LogP contribution in [0.3, 0.4) is 0 Å². The van der Waals surface area contributed by atoms with Crippen LogP contribution in [0.5, 0.6) is 5.75 Å². The van der Waals surface area contributed by atoms with E-state index in [4.69, 9.17) is 4.74 Å². The molecule has 2 rings (SSSR count). The molecule has 0 aliphatic rings. The van der Waals surface area contributed by atoms with Gasteiger partial charge in [-0.05, 0) is 36.6 Å². The average molecular weight is 314 g/mol. The maximum atomic E-state index is 11.8. The molecule has 0 aliphatic heterocycles. The van der Waals surface area contributed by atoms with Gasteiger partial charge in [0.1, 0.15) is 5.75 Å². The monoisotopic (exact) mass is 314 g/mol. The number of rotatable bonds is 5. The number of benzene rings is 2. The average Bonchev–Trinajstić information content (AvgIpc) is 2.55. The third-order valence-electron chi connectivity index (χ3n) is 2.94. The van der Waals surface area contributed by atoms with Gasteiger partial charge in [0.15, 0.2) is 0 Å².